The van der Waals surface area contributed by atoms with Crippen molar-refractivity contribution < 1.29 is 14.3 Å². The molecular formula is C15H23N3O3. The quantitative estimate of drug-likeness (QED) is 0.689. The number of pyridine rings is 1. The van der Waals surface area contributed by atoms with Crippen molar-refractivity contribution >= 4 is 11.8 Å². The number of carbonyl (C=O) groups is 2. The van der Waals surface area contributed by atoms with Gasteiger partial charge >= 0.3 is 0 Å². The van der Waals surface area contributed by atoms with E-state index in [0.717, 1.165) is 12.0 Å². The fraction of sp³-hybridized carbons (Fsp3) is 0.533. The van der Waals surface area contributed by atoms with E-state index < -0.39 is 0 Å². The van der Waals surface area contributed by atoms with Crippen LogP contribution in [-0.2, 0) is 20.9 Å². The lowest BCUT2D eigenvalue weighted by atomic mass is 10.2. The molecule has 1 N–H and O–H groups in total. The summed E-state index contributed by atoms with van der Waals surface area (Å²) in [5.74, 6) is -0.0944. The molecule has 0 aromatic carbocycles. The summed E-state index contributed by atoms with van der Waals surface area (Å²) in [4.78, 5) is 28.9. The average molecular weight is 293 g/mol. The largest absolute Gasteiger partial charge is 0.385 e. The monoisotopic (exact) mass is 293 g/mol. The van der Waals surface area contributed by atoms with Crippen molar-refractivity contribution in [3.05, 3.63) is 30.1 Å². The van der Waals surface area contributed by atoms with Gasteiger partial charge in [-0.1, -0.05) is 6.07 Å². The molecule has 0 atom stereocenters. The number of hydrogen-bond donors (Lipinski definition) is 1. The highest BCUT2D eigenvalue weighted by molar-refractivity contribution is 5.77. The van der Waals surface area contributed by atoms with E-state index in [1.54, 1.807) is 24.4 Å². The molecular weight excluding hydrogens is 270 g/mol. The molecule has 0 radical (unpaired) electrons. The number of nitrogens with one attached hydrogen (secondary N) is 1. The molecule has 0 aliphatic rings. The molecule has 0 saturated heterocycles. The summed E-state index contributed by atoms with van der Waals surface area (Å²) >= 11 is 0. The Morgan fingerprint density at radius 3 is 2.81 bits per heavy atom. The maximum absolute atomic E-state index is 11.8. The van der Waals surface area contributed by atoms with Gasteiger partial charge in [0.2, 0.25) is 11.8 Å². The summed E-state index contributed by atoms with van der Waals surface area (Å²) in [5, 5.41) is 2.82. The van der Waals surface area contributed by atoms with Crippen molar-refractivity contribution in [3.63, 3.8) is 0 Å². The molecule has 1 aromatic heterocycles. The van der Waals surface area contributed by atoms with Crippen molar-refractivity contribution in [2.45, 2.75) is 26.3 Å². The van der Waals surface area contributed by atoms with Crippen LogP contribution in [0.4, 0.5) is 0 Å². The van der Waals surface area contributed by atoms with E-state index in [-0.39, 0.29) is 11.8 Å². The summed E-state index contributed by atoms with van der Waals surface area (Å²) in [6.45, 7) is 3.62. The maximum Gasteiger partial charge on any atom is 0.222 e. The van der Waals surface area contributed by atoms with Crippen LogP contribution in [0.25, 0.3) is 0 Å². The number of amides is 2. The van der Waals surface area contributed by atoms with Gasteiger partial charge in [0.15, 0.2) is 0 Å². The van der Waals surface area contributed by atoms with Gasteiger partial charge in [0.1, 0.15) is 0 Å². The van der Waals surface area contributed by atoms with Crippen LogP contribution >= 0.6 is 0 Å². The molecule has 1 heterocycles. The fourth-order valence-electron chi connectivity index (χ4n) is 1.85. The Morgan fingerprint density at radius 2 is 2.19 bits per heavy atom. The smallest absolute Gasteiger partial charge is 0.222 e. The summed E-state index contributed by atoms with van der Waals surface area (Å²) in [6, 6.07) is 3.73. The van der Waals surface area contributed by atoms with Gasteiger partial charge in [0, 0.05) is 59.1 Å². The third-order valence-corrected chi connectivity index (χ3v) is 3.04. The van der Waals surface area contributed by atoms with E-state index in [4.69, 9.17) is 4.74 Å². The number of methoxy groups -OCH3 is 1. The van der Waals surface area contributed by atoms with Crippen LogP contribution in [0.1, 0.15) is 25.3 Å². The van der Waals surface area contributed by atoms with Crippen molar-refractivity contribution in [2.75, 3.05) is 26.8 Å². The van der Waals surface area contributed by atoms with E-state index in [1.165, 1.54) is 6.92 Å². The predicted octanol–water partition coefficient (Wildman–Crippen LogP) is 0.973. The standard InChI is InChI=1S/C15H23N3O3/c1-13(19)18(8-4-10-21-2)9-6-15(20)17-12-14-5-3-7-16-11-14/h3,5,7,11H,4,6,8-10,12H2,1-2H3,(H,17,20). The van der Waals surface area contributed by atoms with E-state index in [0.29, 0.717) is 32.7 Å². The normalized spacial score (nSPS) is 10.2. The molecule has 2 amide bonds. The summed E-state index contributed by atoms with van der Waals surface area (Å²) in [7, 11) is 1.63. The Hall–Kier alpha value is -1.95. The second-order valence-electron chi connectivity index (χ2n) is 4.74. The topological polar surface area (TPSA) is 71.5 Å². The van der Waals surface area contributed by atoms with E-state index in [2.05, 4.69) is 10.3 Å². The highest BCUT2D eigenvalue weighted by atomic mass is 16.5. The molecule has 0 unspecified atom stereocenters. The fourth-order valence-corrected chi connectivity index (χ4v) is 1.85. The van der Waals surface area contributed by atoms with Crippen LogP contribution in [0.5, 0.6) is 0 Å². The summed E-state index contributed by atoms with van der Waals surface area (Å²) in [6.07, 6.45) is 4.48. The number of ether oxygens (including phenoxy) is 1. The zero-order chi connectivity index (χ0) is 15.5. The summed E-state index contributed by atoms with van der Waals surface area (Å²) in [5.41, 5.74) is 0.953. The molecule has 0 aliphatic heterocycles. The third-order valence-electron chi connectivity index (χ3n) is 3.04. The molecule has 116 valence electrons. The molecule has 0 bridgehead atoms. The highest BCUT2D eigenvalue weighted by Gasteiger charge is 2.10. The molecule has 0 saturated carbocycles. The Bertz CT molecular complexity index is 437. The lowest BCUT2D eigenvalue weighted by molar-refractivity contribution is -0.129. The zero-order valence-electron chi connectivity index (χ0n) is 12.7. The van der Waals surface area contributed by atoms with Crippen LogP contribution in [0, 0.1) is 0 Å². The van der Waals surface area contributed by atoms with Gasteiger partial charge in [-0.15, -0.1) is 0 Å². The minimum absolute atomic E-state index is 0.0221. The Morgan fingerprint density at radius 1 is 1.38 bits per heavy atom. The number of rotatable bonds is 9. The van der Waals surface area contributed by atoms with Crippen LogP contribution in [0.3, 0.4) is 0 Å². The molecule has 1 rings (SSSR count). The minimum atomic E-state index is -0.0724. The zero-order valence-corrected chi connectivity index (χ0v) is 12.7. The number of hydrogen-bond acceptors (Lipinski definition) is 4. The van der Waals surface area contributed by atoms with E-state index in [9.17, 15) is 9.59 Å². The average Bonchev–Trinajstić information content (AvgIpc) is 2.49. The van der Waals surface area contributed by atoms with Gasteiger partial charge in [-0.3, -0.25) is 14.6 Å². The second kappa shape index (κ2) is 9.88. The SMILES string of the molecule is COCCCN(CCC(=O)NCc1cccnc1)C(C)=O. The molecule has 1 aromatic rings. The third kappa shape index (κ3) is 7.41. The molecule has 21 heavy (non-hydrogen) atoms. The van der Waals surface area contributed by atoms with Crippen molar-refractivity contribution in [1.82, 2.24) is 15.2 Å². The first-order valence-corrected chi connectivity index (χ1v) is 7.03. The first kappa shape index (κ1) is 17.1. The molecule has 6 heteroatoms. The molecule has 0 fully saturated rings. The number of aromatic nitrogens is 1. The van der Waals surface area contributed by atoms with Crippen LogP contribution in [0.15, 0.2) is 24.5 Å². The van der Waals surface area contributed by atoms with Gasteiger partial charge < -0.3 is 15.0 Å². The number of nitrogens with zero attached hydrogens (tertiary/aromatic N) is 2. The molecule has 6 nitrogen and oxygen atoms in total. The van der Waals surface area contributed by atoms with Gasteiger partial charge in [0.25, 0.3) is 0 Å². The highest BCUT2D eigenvalue weighted by Crippen LogP contribution is 1.98. The lowest BCUT2D eigenvalue weighted by Gasteiger charge is -2.20. The van der Waals surface area contributed by atoms with Gasteiger partial charge in [-0.2, -0.15) is 0 Å². The number of carbonyl (C=O) groups excluding carboxylic acids is 2. The van der Waals surface area contributed by atoms with Gasteiger partial charge in [0.05, 0.1) is 0 Å². The van der Waals surface area contributed by atoms with Gasteiger partial charge in [-0.05, 0) is 18.1 Å². The van der Waals surface area contributed by atoms with Crippen molar-refractivity contribution in [3.8, 4) is 0 Å². The molecule has 0 aliphatic carbocycles. The predicted molar refractivity (Wildman–Crippen MR) is 79.4 cm³/mol. The Kier molecular flexibility index (Phi) is 8.04. The minimum Gasteiger partial charge on any atom is -0.385 e. The Labute approximate surface area is 125 Å². The lowest BCUT2D eigenvalue weighted by Crippen LogP contribution is -2.34. The van der Waals surface area contributed by atoms with Gasteiger partial charge in [-0.25, -0.2) is 0 Å². The maximum atomic E-state index is 11.8. The van der Waals surface area contributed by atoms with Crippen LogP contribution < -0.4 is 5.32 Å². The second-order valence-corrected chi connectivity index (χ2v) is 4.74. The van der Waals surface area contributed by atoms with E-state index in [1.807, 2.05) is 12.1 Å². The van der Waals surface area contributed by atoms with Crippen LogP contribution in [0.2, 0.25) is 0 Å². The first-order chi connectivity index (χ1) is 10.1. The van der Waals surface area contributed by atoms with E-state index >= 15 is 0 Å². The molecule has 0 spiro atoms. The van der Waals surface area contributed by atoms with Crippen LogP contribution in [-0.4, -0.2) is 48.5 Å². The van der Waals surface area contributed by atoms with Crippen molar-refractivity contribution in [2.24, 2.45) is 0 Å². The Balaban J connectivity index is 2.27. The summed E-state index contributed by atoms with van der Waals surface area (Å²) < 4.78 is 4.96. The first-order valence-electron chi connectivity index (χ1n) is 7.03. The van der Waals surface area contributed by atoms with Crippen molar-refractivity contribution in [1.29, 1.82) is 0 Å².